The largest absolute Gasteiger partial charge is 0.370 e. The minimum Gasteiger partial charge on any atom is -0.370 e. The van der Waals surface area contributed by atoms with Crippen molar-refractivity contribution in [2.24, 2.45) is 7.05 Å². The maximum atomic E-state index is 13.5. The lowest BCUT2D eigenvalue weighted by Gasteiger charge is -2.14. The van der Waals surface area contributed by atoms with Crippen LogP contribution in [0.2, 0.25) is 5.02 Å². The van der Waals surface area contributed by atoms with E-state index < -0.39 is 10.7 Å². The van der Waals surface area contributed by atoms with Crippen molar-refractivity contribution in [1.82, 2.24) is 14.8 Å². The molecular formula is C11H11ClFN5O2. The Labute approximate surface area is 118 Å². The predicted molar refractivity (Wildman–Crippen MR) is 71.1 cm³/mol. The van der Waals surface area contributed by atoms with Gasteiger partial charge in [0.2, 0.25) is 0 Å². The molecule has 0 fully saturated rings. The van der Waals surface area contributed by atoms with Gasteiger partial charge in [0.15, 0.2) is 5.82 Å². The summed E-state index contributed by atoms with van der Waals surface area (Å²) in [4.78, 5) is 10.3. The molecule has 1 aromatic carbocycles. The van der Waals surface area contributed by atoms with Gasteiger partial charge < -0.3 is 9.88 Å². The smallest absolute Gasteiger partial charge is 0.294 e. The topological polar surface area (TPSA) is 85.9 Å². The van der Waals surface area contributed by atoms with E-state index in [4.69, 9.17) is 11.6 Å². The zero-order valence-corrected chi connectivity index (χ0v) is 11.4. The molecule has 0 radical (unpaired) electrons. The Balaban J connectivity index is 2.36. The quantitative estimate of drug-likeness (QED) is 0.693. The Morgan fingerprint density at radius 2 is 2.25 bits per heavy atom. The molecule has 1 N–H and O–H groups in total. The van der Waals surface area contributed by atoms with Gasteiger partial charge >= 0.3 is 0 Å². The molecule has 0 aliphatic rings. The van der Waals surface area contributed by atoms with Crippen molar-refractivity contribution in [2.75, 3.05) is 5.32 Å². The predicted octanol–water partition coefficient (Wildman–Crippen LogP) is 2.69. The first-order valence-corrected chi connectivity index (χ1v) is 6.01. The highest BCUT2D eigenvalue weighted by atomic mass is 35.5. The second-order valence-corrected chi connectivity index (χ2v) is 4.61. The minimum atomic E-state index is -0.732. The van der Waals surface area contributed by atoms with Gasteiger partial charge in [-0.3, -0.25) is 10.1 Å². The molecule has 0 aliphatic heterocycles. The van der Waals surface area contributed by atoms with Gasteiger partial charge in [-0.05, 0) is 6.92 Å². The fraction of sp³-hybridized carbons (Fsp3) is 0.273. The van der Waals surface area contributed by atoms with Gasteiger partial charge in [-0.15, -0.1) is 10.2 Å². The summed E-state index contributed by atoms with van der Waals surface area (Å²) in [6.45, 7) is 1.74. The van der Waals surface area contributed by atoms with Gasteiger partial charge in [0.05, 0.1) is 16.0 Å². The summed E-state index contributed by atoms with van der Waals surface area (Å²) in [6.07, 6.45) is 1.50. The summed E-state index contributed by atoms with van der Waals surface area (Å²) in [7, 11) is 1.74. The molecule has 106 valence electrons. The molecule has 1 aromatic heterocycles. The Bertz CT molecular complexity index is 660. The number of hydrogen-bond acceptors (Lipinski definition) is 5. The van der Waals surface area contributed by atoms with E-state index in [1.54, 1.807) is 18.5 Å². The Kier molecular flexibility index (Phi) is 3.84. The number of hydrogen-bond donors (Lipinski definition) is 1. The maximum Gasteiger partial charge on any atom is 0.294 e. The van der Waals surface area contributed by atoms with Gasteiger partial charge in [0.1, 0.15) is 17.8 Å². The normalized spacial score (nSPS) is 12.2. The molecule has 9 heteroatoms. The average molecular weight is 300 g/mol. The fourth-order valence-corrected chi connectivity index (χ4v) is 1.94. The second-order valence-electron chi connectivity index (χ2n) is 4.21. The summed E-state index contributed by atoms with van der Waals surface area (Å²) in [5.74, 6) is -0.167. The molecule has 2 rings (SSSR count). The number of nitrogens with zero attached hydrogens (tertiary/aromatic N) is 4. The third kappa shape index (κ3) is 2.69. The van der Waals surface area contributed by atoms with Crippen LogP contribution in [0.4, 0.5) is 15.8 Å². The molecule has 0 spiro atoms. The Hall–Kier alpha value is -2.22. The average Bonchev–Trinajstić information content (AvgIpc) is 2.79. The van der Waals surface area contributed by atoms with Crippen molar-refractivity contribution in [3.63, 3.8) is 0 Å². The SMILES string of the molecule is CC(Nc1cc(F)c(Cl)cc1[N+](=O)[O-])c1nncn1C. The molecule has 0 saturated heterocycles. The van der Waals surface area contributed by atoms with E-state index >= 15 is 0 Å². The molecule has 1 heterocycles. The fourth-order valence-electron chi connectivity index (χ4n) is 1.78. The van der Waals surface area contributed by atoms with Crippen molar-refractivity contribution in [2.45, 2.75) is 13.0 Å². The zero-order chi connectivity index (χ0) is 14.9. The zero-order valence-electron chi connectivity index (χ0n) is 10.7. The molecule has 0 amide bonds. The first-order valence-electron chi connectivity index (χ1n) is 5.64. The van der Waals surface area contributed by atoms with E-state index in [1.165, 1.54) is 6.33 Å². The number of anilines is 1. The number of nitro benzene ring substituents is 1. The molecular weight excluding hydrogens is 289 g/mol. The van der Waals surface area contributed by atoms with E-state index in [0.29, 0.717) is 5.82 Å². The number of nitro groups is 1. The van der Waals surface area contributed by atoms with Crippen LogP contribution >= 0.6 is 11.6 Å². The molecule has 1 atom stereocenters. The number of aromatic nitrogens is 3. The monoisotopic (exact) mass is 299 g/mol. The van der Waals surface area contributed by atoms with Crippen molar-refractivity contribution in [3.8, 4) is 0 Å². The van der Waals surface area contributed by atoms with Crippen LogP contribution in [0.25, 0.3) is 0 Å². The Morgan fingerprint density at radius 3 is 2.80 bits per heavy atom. The van der Waals surface area contributed by atoms with Crippen LogP contribution in [0.3, 0.4) is 0 Å². The van der Waals surface area contributed by atoms with Crippen molar-refractivity contribution in [1.29, 1.82) is 0 Å². The summed E-state index contributed by atoms with van der Waals surface area (Å²) in [5.41, 5.74) is -0.266. The number of benzene rings is 1. The van der Waals surface area contributed by atoms with Gasteiger partial charge in [0, 0.05) is 19.2 Å². The minimum absolute atomic E-state index is 0.0346. The lowest BCUT2D eigenvalue weighted by molar-refractivity contribution is -0.384. The molecule has 2 aromatic rings. The molecule has 0 saturated carbocycles. The third-order valence-corrected chi connectivity index (χ3v) is 3.03. The third-order valence-electron chi connectivity index (χ3n) is 2.74. The van der Waals surface area contributed by atoms with Crippen molar-refractivity contribution >= 4 is 23.0 Å². The Morgan fingerprint density at radius 1 is 1.55 bits per heavy atom. The van der Waals surface area contributed by atoms with Crippen LogP contribution in [0.15, 0.2) is 18.5 Å². The molecule has 0 aliphatic carbocycles. The number of rotatable bonds is 4. The van der Waals surface area contributed by atoms with E-state index in [2.05, 4.69) is 15.5 Å². The molecule has 7 nitrogen and oxygen atoms in total. The summed E-state index contributed by atoms with van der Waals surface area (Å²) in [6, 6.07) is 1.58. The molecule has 20 heavy (non-hydrogen) atoms. The van der Waals surface area contributed by atoms with Gasteiger partial charge in [-0.1, -0.05) is 11.6 Å². The van der Waals surface area contributed by atoms with E-state index in [-0.39, 0.29) is 22.4 Å². The van der Waals surface area contributed by atoms with Crippen LogP contribution in [0.5, 0.6) is 0 Å². The first kappa shape index (κ1) is 14.2. The van der Waals surface area contributed by atoms with E-state index in [1.807, 2.05) is 0 Å². The van der Waals surface area contributed by atoms with Crippen LogP contribution in [0.1, 0.15) is 18.8 Å². The molecule has 1 unspecified atom stereocenters. The first-order chi connectivity index (χ1) is 9.40. The van der Waals surface area contributed by atoms with Gasteiger partial charge in [-0.2, -0.15) is 0 Å². The van der Waals surface area contributed by atoms with Gasteiger partial charge in [-0.25, -0.2) is 4.39 Å². The number of nitrogens with one attached hydrogen (secondary N) is 1. The highest BCUT2D eigenvalue weighted by molar-refractivity contribution is 6.31. The standard InChI is InChI=1S/C11H11ClFN5O2/c1-6(11-16-14-5-17(11)2)15-9-4-8(13)7(12)3-10(9)18(19)20/h3-6,15H,1-2H3. The van der Waals surface area contributed by atoms with E-state index in [9.17, 15) is 14.5 Å². The molecule has 0 bridgehead atoms. The highest BCUT2D eigenvalue weighted by Gasteiger charge is 2.21. The van der Waals surface area contributed by atoms with E-state index in [0.717, 1.165) is 12.1 Å². The lowest BCUT2D eigenvalue weighted by atomic mass is 10.2. The van der Waals surface area contributed by atoms with Crippen LogP contribution < -0.4 is 5.32 Å². The van der Waals surface area contributed by atoms with Gasteiger partial charge in [0.25, 0.3) is 5.69 Å². The summed E-state index contributed by atoms with van der Waals surface area (Å²) < 4.78 is 15.1. The van der Waals surface area contributed by atoms with Crippen molar-refractivity contribution in [3.05, 3.63) is 45.2 Å². The highest BCUT2D eigenvalue weighted by Crippen LogP contribution is 2.32. The maximum absolute atomic E-state index is 13.5. The lowest BCUT2D eigenvalue weighted by Crippen LogP contribution is -2.13. The number of halogens is 2. The second kappa shape index (κ2) is 5.41. The van der Waals surface area contributed by atoms with Crippen LogP contribution in [0, 0.1) is 15.9 Å². The summed E-state index contributed by atoms with van der Waals surface area (Å²) in [5, 5.41) is 21.1. The number of aryl methyl sites for hydroxylation is 1. The van der Waals surface area contributed by atoms with Crippen LogP contribution in [-0.2, 0) is 7.05 Å². The van der Waals surface area contributed by atoms with Crippen molar-refractivity contribution < 1.29 is 9.31 Å². The van der Waals surface area contributed by atoms with Crippen LogP contribution in [-0.4, -0.2) is 19.7 Å². The summed E-state index contributed by atoms with van der Waals surface area (Å²) >= 11 is 5.56.